The van der Waals surface area contributed by atoms with Crippen molar-refractivity contribution in [1.82, 2.24) is 0 Å². The molecule has 0 heterocycles. The van der Waals surface area contributed by atoms with E-state index in [2.05, 4.69) is 44.2 Å². The van der Waals surface area contributed by atoms with Crippen LogP contribution in [0, 0.1) is 34.5 Å². The van der Waals surface area contributed by atoms with Crippen LogP contribution in [0.5, 0.6) is 0 Å². The number of aryl methyl sites for hydroxylation is 1. The molecule has 4 aliphatic carbocycles. The lowest BCUT2D eigenvalue weighted by Crippen LogP contribution is -2.53. The van der Waals surface area contributed by atoms with Gasteiger partial charge in [0.1, 0.15) is 5.78 Å². The average Bonchev–Trinajstić information content (AvgIpc) is 3.04. The van der Waals surface area contributed by atoms with E-state index in [4.69, 9.17) is 0 Å². The zero-order valence-corrected chi connectivity index (χ0v) is 18.7. The van der Waals surface area contributed by atoms with E-state index in [0.29, 0.717) is 41.7 Å². The van der Waals surface area contributed by atoms with Gasteiger partial charge in [0, 0.05) is 18.3 Å². The standard InChI is InChI=1S/C28H36O2/c1-27-15-13-22(29)18-21(27)17-20(10-6-9-19-7-4-3-5-8-19)26-23-11-12-25(30)28(23,2)16-14-24(26)27/h3-5,7-8,18,20,23-24,26H,6,9-17H2,1-2H3/t20-,23?,24?,26?,27?,28?/m1/s1. The Morgan fingerprint density at radius 3 is 2.50 bits per heavy atom. The van der Waals surface area contributed by atoms with Gasteiger partial charge >= 0.3 is 0 Å². The molecule has 1 aromatic rings. The predicted molar refractivity (Wildman–Crippen MR) is 120 cm³/mol. The van der Waals surface area contributed by atoms with Gasteiger partial charge in [0.05, 0.1) is 0 Å². The third-order valence-electron chi connectivity index (χ3n) is 9.73. The molecule has 2 heteroatoms. The first-order valence-electron chi connectivity index (χ1n) is 12.2. The molecule has 0 radical (unpaired) electrons. The molecule has 0 saturated heterocycles. The Bertz CT molecular complexity index is 868. The van der Waals surface area contributed by atoms with Crippen LogP contribution in [0.25, 0.3) is 0 Å². The topological polar surface area (TPSA) is 34.1 Å². The number of ketones is 2. The summed E-state index contributed by atoms with van der Waals surface area (Å²) in [4.78, 5) is 25.1. The highest BCUT2D eigenvalue weighted by molar-refractivity contribution is 5.91. The van der Waals surface area contributed by atoms with Crippen molar-refractivity contribution >= 4 is 11.6 Å². The van der Waals surface area contributed by atoms with E-state index in [-0.39, 0.29) is 10.8 Å². The second kappa shape index (κ2) is 7.46. The van der Waals surface area contributed by atoms with Gasteiger partial charge in [0.15, 0.2) is 5.78 Å². The molecule has 30 heavy (non-hydrogen) atoms. The molecule has 5 unspecified atom stereocenters. The Hall–Kier alpha value is -1.70. The summed E-state index contributed by atoms with van der Waals surface area (Å²) < 4.78 is 0. The number of rotatable bonds is 4. The van der Waals surface area contributed by atoms with Crippen molar-refractivity contribution in [1.29, 1.82) is 0 Å². The van der Waals surface area contributed by atoms with Gasteiger partial charge in [-0.3, -0.25) is 9.59 Å². The molecule has 0 aliphatic heterocycles. The van der Waals surface area contributed by atoms with E-state index in [0.717, 1.165) is 38.5 Å². The lowest BCUT2D eigenvalue weighted by molar-refractivity contribution is -0.135. The highest BCUT2D eigenvalue weighted by atomic mass is 16.1. The molecule has 0 N–H and O–H groups in total. The van der Waals surface area contributed by atoms with E-state index >= 15 is 0 Å². The number of hydrogen-bond acceptors (Lipinski definition) is 2. The van der Waals surface area contributed by atoms with Crippen molar-refractivity contribution in [2.45, 2.75) is 78.1 Å². The summed E-state index contributed by atoms with van der Waals surface area (Å²) in [7, 11) is 0. The number of Topliss-reactive ketones (excluding diaryl/α,β-unsaturated/α-hetero) is 1. The van der Waals surface area contributed by atoms with E-state index in [1.807, 2.05) is 6.08 Å². The minimum absolute atomic E-state index is 0.0824. The summed E-state index contributed by atoms with van der Waals surface area (Å²) in [6, 6.07) is 10.8. The lowest BCUT2D eigenvalue weighted by Gasteiger charge is -2.59. The van der Waals surface area contributed by atoms with Crippen molar-refractivity contribution in [3.63, 3.8) is 0 Å². The Balaban J connectivity index is 1.43. The van der Waals surface area contributed by atoms with Crippen LogP contribution < -0.4 is 0 Å². The Morgan fingerprint density at radius 2 is 1.70 bits per heavy atom. The third kappa shape index (κ3) is 3.13. The van der Waals surface area contributed by atoms with Crippen molar-refractivity contribution in [3.8, 4) is 0 Å². The summed E-state index contributed by atoms with van der Waals surface area (Å²) in [5.41, 5.74) is 2.96. The van der Waals surface area contributed by atoms with Crippen LogP contribution in [0.2, 0.25) is 0 Å². The number of allylic oxidation sites excluding steroid dienone is 1. The second-order valence-corrected chi connectivity index (χ2v) is 11.1. The fourth-order valence-electron chi connectivity index (χ4n) is 7.98. The molecule has 3 fully saturated rings. The maximum Gasteiger partial charge on any atom is 0.155 e. The molecule has 0 amide bonds. The lowest BCUT2D eigenvalue weighted by atomic mass is 9.44. The van der Waals surface area contributed by atoms with Crippen molar-refractivity contribution in [3.05, 3.63) is 47.5 Å². The molecular formula is C28H36O2. The smallest absolute Gasteiger partial charge is 0.155 e. The van der Waals surface area contributed by atoms with E-state index in [1.165, 1.54) is 30.4 Å². The first-order chi connectivity index (χ1) is 14.4. The molecule has 0 bridgehead atoms. The molecule has 1 aromatic carbocycles. The fourth-order valence-corrected chi connectivity index (χ4v) is 7.98. The van der Waals surface area contributed by atoms with Gasteiger partial charge in [0.25, 0.3) is 0 Å². The first-order valence-corrected chi connectivity index (χ1v) is 12.2. The summed E-state index contributed by atoms with van der Waals surface area (Å²) in [5.74, 6) is 3.35. The van der Waals surface area contributed by atoms with Gasteiger partial charge in [0.2, 0.25) is 0 Å². The van der Waals surface area contributed by atoms with Gasteiger partial charge in [-0.2, -0.15) is 0 Å². The van der Waals surface area contributed by atoms with Gasteiger partial charge < -0.3 is 0 Å². The summed E-state index contributed by atoms with van der Waals surface area (Å²) >= 11 is 0. The number of benzene rings is 1. The normalized spacial score (nSPS) is 40.4. The van der Waals surface area contributed by atoms with E-state index in [9.17, 15) is 9.59 Å². The van der Waals surface area contributed by atoms with Crippen molar-refractivity contribution in [2.24, 2.45) is 34.5 Å². The third-order valence-corrected chi connectivity index (χ3v) is 9.73. The SMILES string of the molecule is CC12CCC3C(C1CCC2=O)[C@H](CCCc1ccccc1)CC1=CC(=O)CCC13C. The molecule has 4 aliphatic rings. The maximum absolute atomic E-state index is 12.9. The van der Waals surface area contributed by atoms with Gasteiger partial charge in [-0.25, -0.2) is 0 Å². The first kappa shape index (κ1) is 20.2. The van der Waals surface area contributed by atoms with E-state index < -0.39 is 0 Å². The zero-order valence-electron chi connectivity index (χ0n) is 18.7. The summed E-state index contributed by atoms with van der Waals surface area (Å²) in [6.07, 6.45) is 12.5. The largest absolute Gasteiger partial charge is 0.299 e. The number of carbonyl (C=O) groups is 2. The summed E-state index contributed by atoms with van der Waals surface area (Å²) in [6.45, 7) is 4.73. The molecular weight excluding hydrogens is 368 g/mol. The van der Waals surface area contributed by atoms with Crippen LogP contribution >= 0.6 is 0 Å². The monoisotopic (exact) mass is 404 g/mol. The fraction of sp³-hybridized carbons (Fsp3) is 0.643. The molecule has 0 spiro atoms. The number of fused-ring (bicyclic) bond motifs is 5. The summed E-state index contributed by atoms with van der Waals surface area (Å²) in [5, 5.41) is 0. The number of carbonyl (C=O) groups excluding carboxylic acids is 2. The van der Waals surface area contributed by atoms with Crippen LogP contribution in [0.15, 0.2) is 42.0 Å². The van der Waals surface area contributed by atoms with Crippen LogP contribution in [0.3, 0.4) is 0 Å². The van der Waals surface area contributed by atoms with Crippen LogP contribution in [0.1, 0.15) is 77.2 Å². The Kier molecular flexibility index (Phi) is 5.03. The molecule has 2 nitrogen and oxygen atoms in total. The average molecular weight is 405 g/mol. The quantitative estimate of drug-likeness (QED) is 0.587. The molecule has 6 atom stereocenters. The molecule has 160 valence electrons. The number of hydrogen-bond donors (Lipinski definition) is 0. The van der Waals surface area contributed by atoms with E-state index in [1.54, 1.807) is 0 Å². The van der Waals surface area contributed by atoms with Crippen LogP contribution in [0.4, 0.5) is 0 Å². The predicted octanol–water partition coefficient (Wildman–Crippen LogP) is 6.34. The molecule has 3 saturated carbocycles. The van der Waals surface area contributed by atoms with Crippen LogP contribution in [-0.2, 0) is 16.0 Å². The van der Waals surface area contributed by atoms with Gasteiger partial charge in [-0.05, 0) is 92.1 Å². The minimum Gasteiger partial charge on any atom is -0.299 e. The highest BCUT2D eigenvalue weighted by Crippen LogP contribution is 2.66. The van der Waals surface area contributed by atoms with Crippen molar-refractivity contribution < 1.29 is 9.59 Å². The molecule has 0 aromatic heterocycles. The van der Waals surface area contributed by atoms with Gasteiger partial charge in [-0.1, -0.05) is 49.8 Å². The Labute approximate surface area is 181 Å². The van der Waals surface area contributed by atoms with Gasteiger partial charge in [-0.15, -0.1) is 0 Å². The maximum atomic E-state index is 12.9. The van der Waals surface area contributed by atoms with Crippen LogP contribution in [-0.4, -0.2) is 11.6 Å². The Morgan fingerprint density at radius 1 is 0.933 bits per heavy atom. The minimum atomic E-state index is -0.0824. The molecule has 5 rings (SSSR count). The zero-order chi connectivity index (χ0) is 20.9. The second-order valence-electron chi connectivity index (χ2n) is 11.1. The van der Waals surface area contributed by atoms with Crippen molar-refractivity contribution in [2.75, 3.05) is 0 Å². The highest BCUT2D eigenvalue weighted by Gasteiger charge is 2.61.